The van der Waals surface area contributed by atoms with Crippen LogP contribution in [-0.4, -0.2) is 31.0 Å². The lowest BCUT2D eigenvalue weighted by atomic mass is 9.95. The smallest absolute Gasteiger partial charge is 0.150 e. The second-order valence-corrected chi connectivity index (χ2v) is 11.9. The van der Waals surface area contributed by atoms with Crippen LogP contribution in [0.1, 0.15) is 33.4 Å². The first-order valence-electron chi connectivity index (χ1n) is 16.2. The highest BCUT2D eigenvalue weighted by Crippen LogP contribution is 2.34. The molecule has 0 spiro atoms. The fourth-order valence-corrected chi connectivity index (χ4v) is 5.65. The number of benzene rings is 5. The highest BCUT2D eigenvalue weighted by Gasteiger charge is 2.46. The maximum Gasteiger partial charge on any atom is 0.150 e. The van der Waals surface area contributed by atoms with Crippen LogP contribution in [0.5, 0.6) is 0 Å². The summed E-state index contributed by atoms with van der Waals surface area (Å²) in [6, 6.07) is 49.1. The van der Waals surface area contributed by atoms with E-state index in [-0.39, 0.29) is 0 Å². The summed E-state index contributed by atoms with van der Waals surface area (Å²) < 4.78 is 33.5. The molecule has 0 bridgehead atoms. The number of rotatable bonds is 14. The molecule has 1 aliphatic heterocycles. The Balaban J connectivity index is 1.34. The normalized spacial score (nSPS) is 20.1. The van der Waals surface area contributed by atoms with Gasteiger partial charge in [-0.05, 0) is 40.8 Å². The van der Waals surface area contributed by atoms with Crippen LogP contribution in [-0.2, 0) is 50.1 Å². The summed E-state index contributed by atoms with van der Waals surface area (Å²) in [7, 11) is 0. The minimum Gasteiger partial charge on any atom is -0.487 e. The largest absolute Gasteiger partial charge is 0.487 e. The third-order valence-corrected chi connectivity index (χ3v) is 8.18. The van der Waals surface area contributed by atoms with Crippen LogP contribution in [0.3, 0.4) is 0 Å². The van der Waals surface area contributed by atoms with Crippen molar-refractivity contribution in [1.29, 1.82) is 0 Å². The molecule has 1 heterocycles. The molecular weight excluding hydrogens is 584 g/mol. The monoisotopic (exact) mass is 626 g/mol. The molecule has 0 N–H and O–H groups in total. The summed E-state index contributed by atoms with van der Waals surface area (Å²) in [6.45, 7) is 4.06. The summed E-state index contributed by atoms with van der Waals surface area (Å²) in [6.07, 6.45) is 0.109. The van der Waals surface area contributed by atoms with Gasteiger partial charge < -0.3 is 23.7 Å². The van der Waals surface area contributed by atoms with E-state index in [1.165, 1.54) is 5.56 Å². The summed E-state index contributed by atoms with van der Waals surface area (Å²) in [5.74, 6) is 0.690. The van der Waals surface area contributed by atoms with E-state index in [9.17, 15) is 0 Å². The van der Waals surface area contributed by atoms with Gasteiger partial charge in [0.1, 0.15) is 24.1 Å². The highest BCUT2D eigenvalue weighted by molar-refractivity contribution is 5.53. The second-order valence-electron chi connectivity index (χ2n) is 11.9. The lowest BCUT2D eigenvalue weighted by Crippen LogP contribution is -2.56. The Bertz CT molecular complexity index is 1640. The molecule has 5 aromatic rings. The van der Waals surface area contributed by atoms with Crippen LogP contribution >= 0.6 is 0 Å². The Hall–Kier alpha value is -4.52. The summed E-state index contributed by atoms with van der Waals surface area (Å²) in [4.78, 5) is 0. The fourth-order valence-electron chi connectivity index (χ4n) is 5.65. The molecule has 5 heteroatoms. The zero-order valence-electron chi connectivity index (χ0n) is 26.8. The van der Waals surface area contributed by atoms with E-state index in [4.69, 9.17) is 23.7 Å². The summed E-state index contributed by atoms with van der Waals surface area (Å²) in [5, 5.41) is 0. The highest BCUT2D eigenvalue weighted by atomic mass is 16.6. The van der Waals surface area contributed by atoms with E-state index >= 15 is 0 Å². The average Bonchev–Trinajstić information content (AvgIpc) is 3.12. The van der Waals surface area contributed by atoms with Crippen LogP contribution in [0.25, 0.3) is 6.08 Å². The van der Waals surface area contributed by atoms with E-state index < -0.39 is 24.4 Å². The Kier molecular flexibility index (Phi) is 11.6. The molecule has 240 valence electrons. The zero-order valence-corrected chi connectivity index (χ0v) is 26.8. The molecule has 0 radical (unpaired) electrons. The average molecular weight is 627 g/mol. The molecule has 1 saturated heterocycles. The fraction of sp³-hybridized carbons (Fsp3) is 0.238. The van der Waals surface area contributed by atoms with Crippen molar-refractivity contribution in [2.24, 2.45) is 0 Å². The lowest BCUT2D eigenvalue weighted by molar-refractivity contribution is -0.222. The van der Waals surface area contributed by atoms with Crippen molar-refractivity contribution in [2.75, 3.05) is 6.61 Å². The topological polar surface area (TPSA) is 46.2 Å². The molecule has 1 aliphatic rings. The second kappa shape index (κ2) is 16.9. The van der Waals surface area contributed by atoms with Gasteiger partial charge in [0.15, 0.2) is 6.10 Å². The van der Waals surface area contributed by atoms with Crippen molar-refractivity contribution in [3.63, 3.8) is 0 Å². The van der Waals surface area contributed by atoms with Crippen LogP contribution in [0.15, 0.2) is 151 Å². The van der Waals surface area contributed by atoms with Gasteiger partial charge in [0, 0.05) is 0 Å². The lowest BCUT2D eigenvalue weighted by Gasteiger charge is -2.43. The van der Waals surface area contributed by atoms with Crippen molar-refractivity contribution >= 4 is 6.08 Å². The Morgan fingerprint density at radius 3 is 1.47 bits per heavy atom. The predicted octanol–water partition coefficient (Wildman–Crippen LogP) is 8.71. The first kappa shape index (κ1) is 32.4. The van der Waals surface area contributed by atoms with Crippen molar-refractivity contribution in [1.82, 2.24) is 0 Å². The van der Waals surface area contributed by atoms with Gasteiger partial charge >= 0.3 is 0 Å². The predicted molar refractivity (Wildman–Crippen MR) is 185 cm³/mol. The van der Waals surface area contributed by atoms with E-state index in [0.29, 0.717) is 38.8 Å². The Morgan fingerprint density at radius 1 is 0.511 bits per heavy atom. The molecule has 5 aromatic carbocycles. The first-order valence-corrected chi connectivity index (χ1v) is 16.2. The number of ether oxygens (including phenoxy) is 5. The maximum atomic E-state index is 6.85. The van der Waals surface area contributed by atoms with E-state index in [1.54, 1.807) is 0 Å². The first-order chi connectivity index (χ1) is 23.2. The molecule has 0 saturated carbocycles. The van der Waals surface area contributed by atoms with Crippen LogP contribution in [0.2, 0.25) is 0 Å². The number of aryl methyl sites for hydroxylation is 1. The van der Waals surface area contributed by atoms with E-state index in [1.807, 2.05) is 72.8 Å². The Labute approximate surface area is 278 Å². The Morgan fingerprint density at radius 2 is 0.957 bits per heavy atom. The minimum absolute atomic E-state index is 0.316. The third-order valence-electron chi connectivity index (χ3n) is 8.18. The molecule has 5 nitrogen and oxygen atoms in total. The van der Waals surface area contributed by atoms with Gasteiger partial charge in [-0.1, -0.05) is 151 Å². The number of hydrogen-bond acceptors (Lipinski definition) is 5. The van der Waals surface area contributed by atoms with Crippen LogP contribution in [0.4, 0.5) is 0 Å². The van der Waals surface area contributed by atoms with Gasteiger partial charge in [0.2, 0.25) is 0 Å². The van der Waals surface area contributed by atoms with Gasteiger partial charge in [-0.3, -0.25) is 0 Å². The number of hydrogen-bond donors (Lipinski definition) is 0. The van der Waals surface area contributed by atoms with Gasteiger partial charge in [0.05, 0.1) is 33.0 Å². The minimum atomic E-state index is -0.536. The SMILES string of the molecule is Cc1ccc(/C=C2\O[C@H](COCc3ccccc3)[C@H](OCc3ccccc3)[C@H](OCc3ccccc3)[C@H]2OCc2ccccc2)cc1. The molecule has 0 unspecified atom stereocenters. The summed E-state index contributed by atoms with van der Waals surface area (Å²) in [5.41, 5.74) is 6.53. The van der Waals surface area contributed by atoms with Gasteiger partial charge in [-0.15, -0.1) is 0 Å². The summed E-state index contributed by atoms with van der Waals surface area (Å²) >= 11 is 0. The molecule has 0 amide bonds. The van der Waals surface area contributed by atoms with Gasteiger partial charge in [-0.2, -0.15) is 0 Å². The standard InChI is InChI=1S/C42H42O5/c1-32-22-24-33(25-23-32)26-38-40(44-28-35-16-8-3-9-17-35)42(46-30-37-20-12-5-13-21-37)41(45-29-36-18-10-4-11-19-36)39(47-38)31-43-27-34-14-6-2-7-15-34/h2-26,39-42H,27-31H2,1H3/b38-26-/t39-,40+,41+,42-/m1/s1. The van der Waals surface area contributed by atoms with Gasteiger partial charge in [0.25, 0.3) is 0 Å². The molecular formula is C42H42O5. The maximum absolute atomic E-state index is 6.85. The molecule has 6 rings (SSSR count). The van der Waals surface area contributed by atoms with Crippen LogP contribution < -0.4 is 0 Å². The van der Waals surface area contributed by atoms with Crippen molar-refractivity contribution in [2.45, 2.75) is 57.8 Å². The third kappa shape index (κ3) is 9.50. The molecule has 1 fully saturated rings. The zero-order chi connectivity index (χ0) is 32.1. The van der Waals surface area contributed by atoms with E-state index in [0.717, 1.165) is 27.8 Å². The van der Waals surface area contributed by atoms with Crippen molar-refractivity contribution < 1.29 is 23.7 Å². The molecule has 0 aromatic heterocycles. The van der Waals surface area contributed by atoms with Crippen LogP contribution in [0, 0.1) is 6.92 Å². The van der Waals surface area contributed by atoms with E-state index in [2.05, 4.69) is 85.8 Å². The molecule has 47 heavy (non-hydrogen) atoms. The molecule has 0 aliphatic carbocycles. The van der Waals surface area contributed by atoms with Crippen molar-refractivity contribution in [3.8, 4) is 0 Å². The molecule has 4 atom stereocenters. The van der Waals surface area contributed by atoms with Gasteiger partial charge in [-0.25, -0.2) is 0 Å². The van der Waals surface area contributed by atoms with Crippen molar-refractivity contribution in [3.05, 3.63) is 185 Å². The quantitative estimate of drug-likeness (QED) is 0.123.